The number of nitrogens with one attached hydrogen (secondary N) is 1. The van der Waals surface area contributed by atoms with E-state index in [9.17, 15) is 4.39 Å². The molecule has 0 saturated carbocycles. The molecule has 1 rings (SSSR count). The van der Waals surface area contributed by atoms with Gasteiger partial charge < -0.3 is 10.1 Å². The van der Waals surface area contributed by atoms with E-state index in [2.05, 4.69) is 12.2 Å². The van der Waals surface area contributed by atoms with Crippen LogP contribution in [-0.4, -0.2) is 19.8 Å². The highest BCUT2D eigenvalue weighted by atomic mass is 19.1. The molecule has 0 saturated heterocycles. The van der Waals surface area contributed by atoms with E-state index in [1.807, 2.05) is 26.8 Å². The zero-order valence-electron chi connectivity index (χ0n) is 12.7. The fraction of sp³-hybridized carbons (Fsp3) is 0.625. The van der Waals surface area contributed by atoms with Crippen molar-refractivity contribution in [2.75, 3.05) is 13.7 Å². The summed E-state index contributed by atoms with van der Waals surface area (Å²) in [6.45, 7) is 8.91. The Kier molecular flexibility index (Phi) is 6.46. The van der Waals surface area contributed by atoms with Crippen molar-refractivity contribution in [1.82, 2.24) is 5.32 Å². The Labute approximate surface area is 116 Å². The van der Waals surface area contributed by atoms with Gasteiger partial charge in [0.05, 0.1) is 6.10 Å². The molecule has 108 valence electrons. The van der Waals surface area contributed by atoms with Crippen molar-refractivity contribution in [3.63, 3.8) is 0 Å². The minimum Gasteiger partial charge on any atom is -0.382 e. The van der Waals surface area contributed by atoms with E-state index >= 15 is 0 Å². The summed E-state index contributed by atoms with van der Waals surface area (Å²) >= 11 is 0. The predicted octanol–water partition coefficient (Wildman–Crippen LogP) is 3.91. The topological polar surface area (TPSA) is 21.3 Å². The summed E-state index contributed by atoms with van der Waals surface area (Å²) in [4.78, 5) is 0. The van der Waals surface area contributed by atoms with Gasteiger partial charge in [-0.2, -0.15) is 0 Å². The molecule has 0 aliphatic rings. The number of halogens is 1. The first-order valence-electron chi connectivity index (χ1n) is 7.02. The van der Waals surface area contributed by atoms with Crippen molar-refractivity contribution in [2.24, 2.45) is 0 Å². The van der Waals surface area contributed by atoms with Crippen molar-refractivity contribution in [3.05, 3.63) is 34.6 Å². The summed E-state index contributed by atoms with van der Waals surface area (Å²) in [6, 6.07) is 3.66. The first kappa shape index (κ1) is 16.1. The summed E-state index contributed by atoms with van der Waals surface area (Å²) in [5.41, 5.74) is 2.75. The van der Waals surface area contributed by atoms with Crippen LogP contribution in [0.1, 0.15) is 49.4 Å². The molecule has 19 heavy (non-hydrogen) atoms. The van der Waals surface area contributed by atoms with Crippen LogP contribution in [0.5, 0.6) is 0 Å². The molecule has 0 aliphatic carbocycles. The van der Waals surface area contributed by atoms with Gasteiger partial charge in [-0.1, -0.05) is 13.0 Å². The first-order chi connectivity index (χ1) is 8.99. The monoisotopic (exact) mass is 267 g/mol. The maximum Gasteiger partial charge on any atom is 0.128 e. The zero-order chi connectivity index (χ0) is 14.4. The maximum atomic E-state index is 14.3. The van der Waals surface area contributed by atoms with Crippen LogP contribution in [0.2, 0.25) is 0 Å². The number of methoxy groups -OCH3 is 1. The number of hydrogen-bond acceptors (Lipinski definition) is 2. The molecule has 2 nitrogen and oxygen atoms in total. The first-order valence-corrected chi connectivity index (χ1v) is 7.02. The number of benzene rings is 1. The normalized spacial score (nSPS) is 14.4. The third kappa shape index (κ3) is 4.59. The number of hydrogen-bond donors (Lipinski definition) is 1. The molecule has 0 heterocycles. The van der Waals surface area contributed by atoms with Crippen molar-refractivity contribution in [2.45, 2.75) is 52.7 Å². The molecule has 0 bridgehead atoms. The molecule has 2 atom stereocenters. The highest BCUT2D eigenvalue weighted by Crippen LogP contribution is 2.27. The van der Waals surface area contributed by atoms with Crippen molar-refractivity contribution < 1.29 is 9.13 Å². The van der Waals surface area contributed by atoms with Gasteiger partial charge in [-0.15, -0.1) is 0 Å². The van der Waals surface area contributed by atoms with Gasteiger partial charge in [-0.05, 0) is 57.4 Å². The van der Waals surface area contributed by atoms with Crippen molar-refractivity contribution >= 4 is 0 Å². The van der Waals surface area contributed by atoms with E-state index in [0.717, 1.165) is 36.1 Å². The zero-order valence-corrected chi connectivity index (χ0v) is 12.7. The van der Waals surface area contributed by atoms with Crippen LogP contribution in [0.3, 0.4) is 0 Å². The van der Waals surface area contributed by atoms with E-state index < -0.39 is 0 Å². The van der Waals surface area contributed by atoms with E-state index in [4.69, 9.17) is 4.74 Å². The molecule has 1 aromatic carbocycles. The molecule has 0 aromatic heterocycles. The van der Waals surface area contributed by atoms with Crippen molar-refractivity contribution in [1.29, 1.82) is 0 Å². The van der Waals surface area contributed by atoms with Crippen LogP contribution in [0.25, 0.3) is 0 Å². The molecule has 0 aliphatic heterocycles. The highest BCUT2D eigenvalue weighted by Gasteiger charge is 2.20. The van der Waals surface area contributed by atoms with Gasteiger partial charge >= 0.3 is 0 Å². The summed E-state index contributed by atoms with van der Waals surface area (Å²) in [5.74, 6) is -0.116. The van der Waals surface area contributed by atoms with Crippen LogP contribution < -0.4 is 5.32 Å². The Balaban J connectivity index is 3.02. The van der Waals surface area contributed by atoms with Crippen LogP contribution in [-0.2, 0) is 4.74 Å². The second kappa shape index (κ2) is 7.61. The minimum atomic E-state index is -0.116. The van der Waals surface area contributed by atoms with Gasteiger partial charge in [0.25, 0.3) is 0 Å². The van der Waals surface area contributed by atoms with Crippen LogP contribution in [0.15, 0.2) is 12.1 Å². The van der Waals surface area contributed by atoms with Crippen LogP contribution in [0, 0.1) is 19.7 Å². The average molecular weight is 267 g/mol. The fourth-order valence-corrected chi connectivity index (χ4v) is 2.42. The molecule has 1 aromatic rings. The fourth-order valence-electron chi connectivity index (χ4n) is 2.42. The molecule has 3 heteroatoms. The molecule has 0 amide bonds. The molecule has 0 radical (unpaired) electrons. The van der Waals surface area contributed by atoms with E-state index in [1.165, 1.54) is 0 Å². The molecule has 2 unspecified atom stereocenters. The second-order valence-corrected chi connectivity index (χ2v) is 5.27. The average Bonchev–Trinajstić information content (AvgIpc) is 2.34. The Bertz CT molecular complexity index is 383. The summed E-state index contributed by atoms with van der Waals surface area (Å²) < 4.78 is 19.6. The second-order valence-electron chi connectivity index (χ2n) is 5.27. The largest absolute Gasteiger partial charge is 0.382 e. The highest BCUT2D eigenvalue weighted by molar-refractivity contribution is 5.34. The predicted molar refractivity (Wildman–Crippen MR) is 78.0 cm³/mol. The summed E-state index contributed by atoms with van der Waals surface area (Å²) in [5, 5.41) is 3.43. The van der Waals surface area contributed by atoms with Crippen LogP contribution >= 0.6 is 0 Å². The lowest BCUT2D eigenvalue weighted by atomic mass is 9.94. The standard InChI is InChI=1S/C16H26FNO/c1-6-7-18-15(10-13(4)19-5)16-12(3)8-11(2)9-14(16)17/h8-9,13,15,18H,6-7,10H2,1-5H3. The lowest BCUT2D eigenvalue weighted by Crippen LogP contribution is -2.27. The minimum absolute atomic E-state index is 0.00972. The Morgan fingerprint density at radius 1 is 1.32 bits per heavy atom. The van der Waals surface area contributed by atoms with Crippen molar-refractivity contribution in [3.8, 4) is 0 Å². The van der Waals surface area contributed by atoms with Gasteiger partial charge in [-0.25, -0.2) is 4.39 Å². The van der Waals surface area contributed by atoms with Gasteiger partial charge in [-0.3, -0.25) is 0 Å². The quantitative estimate of drug-likeness (QED) is 0.808. The molecule has 1 N–H and O–H groups in total. The third-order valence-corrected chi connectivity index (χ3v) is 3.44. The molecule has 0 spiro atoms. The smallest absolute Gasteiger partial charge is 0.128 e. The van der Waals surface area contributed by atoms with Gasteiger partial charge in [0.1, 0.15) is 5.82 Å². The summed E-state index contributed by atoms with van der Waals surface area (Å²) in [6.07, 6.45) is 1.91. The summed E-state index contributed by atoms with van der Waals surface area (Å²) in [7, 11) is 1.69. The third-order valence-electron chi connectivity index (χ3n) is 3.44. The molecule has 0 fully saturated rings. The maximum absolute atomic E-state index is 14.3. The number of rotatable bonds is 7. The van der Waals surface area contributed by atoms with E-state index in [0.29, 0.717) is 0 Å². The van der Waals surface area contributed by atoms with Gasteiger partial charge in [0, 0.05) is 18.7 Å². The Morgan fingerprint density at radius 3 is 2.53 bits per heavy atom. The lowest BCUT2D eigenvalue weighted by molar-refractivity contribution is 0.0999. The SMILES string of the molecule is CCCNC(CC(C)OC)c1c(C)cc(C)cc1F. The Hall–Kier alpha value is -0.930. The van der Waals surface area contributed by atoms with Gasteiger partial charge in [0.2, 0.25) is 0 Å². The van der Waals surface area contributed by atoms with E-state index in [1.54, 1.807) is 13.2 Å². The lowest BCUT2D eigenvalue weighted by Gasteiger charge is -2.24. The van der Waals surface area contributed by atoms with Gasteiger partial charge in [0.15, 0.2) is 0 Å². The number of ether oxygens (including phenoxy) is 1. The molecular formula is C16H26FNO. The van der Waals surface area contributed by atoms with Crippen LogP contribution in [0.4, 0.5) is 4.39 Å². The van der Waals surface area contributed by atoms with E-state index in [-0.39, 0.29) is 18.0 Å². The molecular weight excluding hydrogens is 241 g/mol. The Morgan fingerprint density at radius 2 is 2.00 bits per heavy atom. The number of aryl methyl sites for hydroxylation is 2.